The van der Waals surface area contributed by atoms with E-state index in [-0.39, 0.29) is 49.6 Å². The van der Waals surface area contributed by atoms with Crippen molar-refractivity contribution in [3.05, 3.63) is 0 Å². The van der Waals surface area contributed by atoms with Crippen LogP contribution >= 0.6 is 0 Å². The maximum Gasteiger partial charge on any atom is 0.410 e. The van der Waals surface area contributed by atoms with Crippen LogP contribution in [0.15, 0.2) is 0 Å². The molecule has 3 saturated heterocycles. The third-order valence-corrected chi connectivity index (χ3v) is 8.46. The number of nitrogens with zero attached hydrogens (tertiary/aromatic N) is 3. The Morgan fingerprint density at radius 3 is 2.37 bits per heavy atom. The lowest BCUT2D eigenvalue weighted by molar-refractivity contribution is -0.165. The van der Waals surface area contributed by atoms with E-state index in [4.69, 9.17) is 30.1 Å². The van der Waals surface area contributed by atoms with Crippen molar-refractivity contribution >= 4 is 30.0 Å². The van der Waals surface area contributed by atoms with Crippen LogP contribution in [0.4, 0.5) is 9.59 Å². The average molecular weight is 610 g/mol. The second-order valence-electron chi connectivity index (χ2n) is 12.9. The molecule has 3 unspecified atom stereocenters. The van der Waals surface area contributed by atoms with Crippen molar-refractivity contribution in [2.75, 3.05) is 52.5 Å². The number of rotatable bonds is 12. The molecule has 13 heteroatoms. The standard InChI is InChI=1S/C30H51N5O8/c1-6-40-24(36)18-30(26(37)41-7-2)11-15-33(16-12-30)19-22-20-34(27(38)42-22)13-8-9-21-10-14-35(23(17-21)25(31)32)28(39)43-29(3,4)5/h21-23H,6-20H2,1-5H3,(H3,31,32). The van der Waals surface area contributed by atoms with Crippen LogP contribution in [0, 0.1) is 16.7 Å². The Balaban J connectivity index is 1.44. The maximum absolute atomic E-state index is 12.8. The fraction of sp³-hybridized carbons (Fsp3) is 0.833. The quantitative estimate of drug-likeness (QED) is 0.145. The summed E-state index contributed by atoms with van der Waals surface area (Å²) < 4.78 is 21.6. The number of cyclic esters (lactones) is 1. The lowest BCUT2D eigenvalue weighted by Gasteiger charge is -2.39. The Hall–Kier alpha value is -3.09. The molecule has 3 rings (SSSR count). The zero-order valence-corrected chi connectivity index (χ0v) is 26.5. The summed E-state index contributed by atoms with van der Waals surface area (Å²) in [5, 5.41) is 8.02. The van der Waals surface area contributed by atoms with E-state index in [1.807, 2.05) is 20.8 Å². The van der Waals surface area contributed by atoms with E-state index >= 15 is 0 Å². The van der Waals surface area contributed by atoms with Crippen LogP contribution in [0.1, 0.15) is 79.6 Å². The predicted octanol–water partition coefficient (Wildman–Crippen LogP) is 3.14. The molecule has 0 aliphatic carbocycles. The Morgan fingerprint density at radius 2 is 1.77 bits per heavy atom. The zero-order valence-electron chi connectivity index (χ0n) is 26.5. The molecule has 3 atom stereocenters. The molecule has 0 spiro atoms. The molecular weight excluding hydrogens is 558 g/mol. The third kappa shape index (κ3) is 9.70. The van der Waals surface area contributed by atoms with Gasteiger partial charge in [0.15, 0.2) is 0 Å². The van der Waals surface area contributed by atoms with Gasteiger partial charge in [0, 0.05) is 19.6 Å². The first-order valence-corrected chi connectivity index (χ1v) is 15.6. The molecule has 13 nitrogen and oxygen atoms in total. The van der Waals surface area contributed by atoms with Crippen LogP contribution < -0.4 is 5.73 Å². The second kappa shape index (κ2) is 15.1. The van der Waals surface area contributed by atoms with Gasteiger partial charge in [-0.1, -0.05) is 0 Å². The minimum absolute atomic E-state index is 0.00684. The molecule has 3 fully saturated rings. The molecule has 3 aliphatic rings. The molecular formula is C30H51N5O8. The Kier molecular flexibility index (Phi) is 12.1. The summed E-state index contributed by atoms with van der Waals surface area (Å²) in [5.41, 5.74) is 4.34. The van der Waals surface area contributed by atoms with Crippen LogP contribution in [0.25, 0.3) is 0 Å². The fourth-order valence-electron chi connectivity index (χ4n) is 6.23. The number of carbonyl (C=O) groups is 4. The molecule has 0 radical (unpaired) electrons. The Morgan fingerprint density at radius 1 is 1.09 bits per heavy atom. The van der Waals surface area contributed by atoms with E-state index < -0.39 is 29.1 Å². The van der Waals surface area contributed by atoms with Gasteiger partial charge >= 0.3 is 24.1 Å². The summed E-state index contributed by atoms with van der Waals surface area (Å²) in [4.78, 5) is 55.7. The number of ether oxygens (including phenoxy) is 4. The van der Waals surface area contributed by atoms with Crippen molar-refractivity contribution in [3.8, 4) is 0 Å². The van der Waals surface area contributed by atoms with E-state index in [1.165, 1.54) is 0 Å². The molecule has 0 aromatic carbocycles. The number of carbonyl (C=O) groups excluding carboxylic acids is 4. The number of hydrogen-bond donors (Lipinski definition) is 2. The van der Waals surface area contributed by atoms with Crippen LogP contribution in [0.3, 0.4) is 0 Å². The van der Waals surface area contributed by atoms with Gasteiger partial charge in [0.25, 0.3) is 0 Å². The van der Waals surface area contributed by atoms with Gasteiger partial charge in [-0.15, -0.1) is 0 Å². The number of esters is 2. The summed E-state index contributed by atoms with van der Waals surface area (Å²) in [6.07, 6.45) is 2.93. The third-order valence-electron chi connectivity index (χ3n) is 8.46. The molecule has 43 heavy (non-hydrogen) atoms. The van der Waals surface area contributed by atoms with Gasteiger partial charge in [0.05, 0.1) is 37.6 Å². The minimum atomic E-state index is -0.887. The summed E-state index contributed by atoms with van der Waals surface area (Å²) in [5.74, 6) is -0.509. The number of nitrogens with one attached hydrogen (secondary N) is 1. The topological polar surface area (TPSA) is 165 Å². The van der Waals surface area contributed by atoms with E-state index in [0.717, 1.165) is 19.3 Å². The van der Waals surface area contributed by atoms with Crippen molar-refractivity contribution in [2.45, 2.75) is 97.3 Å². The molecule has 3 heterocycles. The highest BCUT2D eigenvalue weighted by molar-refractivity contribution is 5.86. The number of amides is 2. The van der Waals surface area contributed by atoms with Gasteiger partial charge in [0.2, 0.25) is 0 Å². The van der Waals surface area contributed by atoms with Crippen molar-refractivity contribution in [1.29, 1.82) is 5.41 Å². The zero-order chi connectivity index (χ0) is 31.8. The van der Waals surface area contributed by atoms with Gasteiger partial charge in [-0.3, -0.25) is 24.8 Å². The van der Waals surface area contributed by atoms with Gasteiger partial charge in [-0.2, -0.15) is 0 Å². The summed E-state index contributed by atoms with van der Waals surface area (Å²) in [7, 11) is 0. The summed E-state index contributed by atoms with van der Waals surface area (Å²) in [6, 6.07) is -0.487. The monoisotopic (exact) mass is 609 g/mol. The minimum Gasteiger partial charge on any atom is -0.466 e. The van der Waals surface area contributed by atoms with Crippen LogP contribution in [0.2, 0.25) is 0 Å². The first kappa shape index (κ1) is 34.4. The van der Waals surface area contributed by atoms with Crippen molar-refractivity contribution in [1.82, 2.24) is 14.7 Å². The molecule has 0 bridgehead atoms. The van der Waals surface area contributed by atoms with E-state index in [0.29, 0.717) is 58.5 Å². The highest BCUT2D eigenvalue weighted by Crippen LogP contribution is 2.37. The molecule has 0 saturated carbocycles. The SMILES string of the molecule is CCOC(=O)CC1(C(=O)OCC)CCN(CC2CN(CCCC3CCN(C(=O)OC(C)(C)C)C(C(=N)N)C3)C(=O)O2)CC1. The van der Waals surface area contributed by atoms with Crippen molar-refractivity contribution in [2.24, 2.45) is 17.1 Å². The van der Waals surface area contributed by atoms with Gasteiger partial charge < -0.3 is 29.6 Å². The lowest BCUT2D eigenvalue weighted by atomic mass is 9.75. The number of piperidine rings is 2. The number of nitrogens with two attached hydrogens (primary N) is 1. The molecule has 0 aromatic heterocycles. The largest absolute Gasteiger partial charge is 0.466 e. The molecule has 3 N–H and O–H groups in total. The number of likely N-dealkylation sites (tertiary alicyclic amines) is 2. The van der Waals surface area contributed by atoms with Gasteiger partial charge in [0.1, 0.15) is 17.5 Å². The number of hydrogen-bond acceptors (Lipinski definition) is 10. The Bertz CT molecular complexity index is 1010. The van der Waals surface area contributed by atoms with E-state index in [9.17, 15) is 19.2 Å². The average Bonchev–Trinajstić information content (AvgIpc) is 3.27. The van der Waals surface area contributed by atoms with Crippen LogP contribution in [-0.4, -0.2) is 115 Å². The van der Waals surface area contributed by atoms with Crippen molar-refractivity contribution < 1.29 is 38.1 Å². The lowest BCUT2D eigenvalue weighted by Crippen LogP contribution is -2.53. The molecule has 0 aromatic rings. The van der Waals surface area contributed by atoms with E-state index in [1.54, 1.807) is 23.6 Å². The summed E-state index contributed by atoms with van der Waals surface area (Å²) >= 11 is 0. The molecule has 244 valence electrons. The van der Waals surface area contributed by atoms with E-state index in [2.05, 4.69) is 4.90 Å². The molecule has 2 amide bonds. The van der Waals surface area contributed by atoms with Crippen LogP contribution in [-0.2, 0) is 28.5 Å². The maximum atomic E-state index is 12.8. The highest BCUT2D eigenvalue weighted by Gasteiger charge is 2.45. The molecule has 3 aliphatic heterocycles. The van der Waals surface area contributed by atoms with Gasteiger partial charge in [-0.25, -0.2) is 9.59 Å². The highest BCUT2D eigenvalue weighted by atomic mass is 16.6. The smallest absolute Gasteiger partial charge is 0.410 e. The second-order valence-corrected chi connectivity index (χ2v) is 12.9. The van der Waals surface area contributed by atoms with Gasteiger partial charge in [-0.05, 0) is 92.2 Å². The first-order chi connectivity index (χ1) is 20.3. The predicted molar refractivity (Wildman–Crippen MR) is 158 cm³/mol. The van der Waals surface area contributed by atoms with Crippen LogP contribution in [0.5, 0.6) is 0 Å². The van der Waals surface area contributed by atoms with Crippen molar-refractivity contribution in [3.63, 3.8) is 0 Å². The number of amidine groups is 1. The fourth-order valence-corrected chi connectivity index (χ4v) is 6.23. The Labute approximate surface area is 255 Å². The summed E-state index contributed by atoms with van der Waals surface area (Å²) in [6.45, 7) is 12.7. The normalized spacial score (nSPS) is 24.3. The first-order valence-electron chi connectivity index (χ1n) is 15.6.